The van der Waals surface area contributed by atoms with E-state index in [-0.39, 0.29) is 36.9 Å². The Morgan fingerprint density at radius 2 is 1.90 bits per heavy atom. The molecule has 0 radical (unpaired) electrons. The first-order chi connectivity index (χ1) is 9.80. The third-order valence-corrected chi connectivity index (χ3v) is 3.66. The molecule has 2 amide bonds. The second-order valence-corrected chi connectivity index (χ2v) is 6.16. The highest BCUT2D eigenvalue weighted by Gasteiger charge is 2.43. The van der Waals surface area contributed by atoms with Gasteiger partial charge >= 0.3 is 0 Å². The van der Waals surface area contributed by atoms with Crippen molar-refractivity contribution in [3.63, 3.8) is 0 Å². The number of nitrogens with one attached hydrogen (secondary N) is 2. The highest BCUT2D eigenvalue weighted by molar-refractivity contribution is 5.82. The highest BCUT2D eigenvalue weighted by Crippen LogP contribution is 2.39. The average molecular weight is 294 g/mol. The van der Waals surface area contributed by atoms with Crippen LogP contribution in [0.5, 0.6) is 0 Å². The molecule has 118 valence electrons. The molecule has 21 heavy (non-hydrogen) atoms. The van der Waals surface area contributed by atoms with Crippen LogP contribution in [0.1, 0.15) is 40.5 Å². The molecular formula is C15H26N4O2. The van der Waals surface area contributed by atoms with Crippen LogP contribution in [0.3, 0.4) is 0 Å². The van der Waals surface area contributed by atoms with Crippen LogP contribution in [-0.2, 0) is 9.59 Å². The Morgan fingerprint density at radius 1 is 1.33 bits per heavy atom. The van der Waals surface area contributed by atoms with E-state index in [1.54, 1.807) is 11.8 Å². The molecule has 0 heterocycles. The van der Waals surface area contributed by atoms with Crippen molar-refractivity contribution in [2.45, 2.75) is 52.1 Å². The summed E-state index contributed by atoms with van der Waals surface area (Å²) in [7, 11) is 0. The van der Waals surface area contributed by atoms with Crippen LogP contribution < -0.4 is 10.6 Å². The number of hydrogen-bond acceptors (Lipinski definition) is 4. The van der Waals surface area contributed by atoms with E-state index < -0.39 is 5.54 Å². The van der Waals surface area contributed by atoms with Crippen molar-refractivity contribution < 1.29 is 9.59 Å². The summed E-state index contributed by atoms with van der Waals surface area (Å²) >= 11 is 0. The van der Waals surface area contributed by atoms with Crippen molar-refractivity contribution in [3.05, 3.63) is 0 Å². The molecule has 2 N–H and O–H groups in total. The van der Waals surface area contributed by atoms with Crippen molar-refractivity contribution in [3.8, 4) is 6.07 Å². The van der Waals surface area contributed by atoms with Crippen molar-refractivity contribution in [2.24, 2.45) is 5.92 Å². The molecule has 0 aliphatic heterocycles. The molecule has 1 aliphatic rings. The number of likely N-dealkylation sites (N-methyl/N-ethyl adjacent to an activating group) is 1. The number of nitriles is 1. The predicted molar refractivity (Wildman–Crippen MR) is 80.3 cm³/mol. The van der Waals surface area contributed by atoms with Gasteiger partial charge in [-0.2, -0.15) is 5.26 Å². The monoisotopic (exact) mass is 294 g/mol. The van der Waals surface area contributed by atoms with Gasteiger partial charge in [-0.1, -0.05) is 6.92 Å². The van der Waals surface area contributed by atoms with E-state index in [2.05, 4.69) is 16.7 Å². The number of amides is 2. The van der Waals surface area contributed by atoms with Crippen LogP contribution in [0.4, 0.5) is 0 Å². The molecule has 1 saturated carbocycles. The number of carbonyl (C=O) groups excluding carboxylic acids is 2. The zero-order valence-electron chi connectivity index (χ0n) is 13.4. The fourth-order valence-electron chi connectivity index (χ4n) is 2.26. The van der Waals surface area contributed by atoms with E-state index in [0.717, 1.165) is 12.8 Å². The van der Waals surface area contributed by atoms with Gasteiger partial charge in [0.2, 0.25) is 11.8 Å². The fourth-order valence-corrected chi connectivity index (χ4v) is 2.26. The lowest BCUT2D eigenvalue weighted by molar-refractivity contribution is -0.126. The minimum absolute atomic E-state index is 0.0850. The smallest absolute Gasteiger partial charge is 0.235 e. The molecule has 0 bridgehead atoms. The summed E-state index contributed by atoms with van der Waals surface area (Å²) < 4.78 is 0. The normalized spacial score (nSPS) is 17.2. The summed E-state index contributed by atoms with van der Waals surface area (Å²) in [5, 5.41) is 14.9. The highest BCUT2D eigenvalue weighted by atomic mass is 16.2. The summed E-state index contributed by atoms with van der Waals surface area (Å²) in [6.07, 6.45) is 1.97. The van der Waals surface area contributed by atoms with E-state index in [9.17, 15) is 14.9 Å². The van der Waals surface area contributed by atoms with E-state index in [1.807, 2.05) is 20.8 Å². The Hall–Kier alpha value is -1.61. The van der Waals surface area contributed by atoms with Gasteiger partial charge < -0.3 is 10.6 Å². The first-order valence-corrected chi connectivity index (χ1v) is 7.54. The zero-order chi connectivity index (χ0) is 16.0. The molecule has 6 nitrogen and oxygen atoms in total. The van der Waals surface area contributed by atoms with Crippen molar-refractivity contribution in [1.82, 2.24) is 15.5 Å². The SMILES string of the molecule is CCN(CC(=O)NC(C)C)CC(=O)N[C@@](C)(C#N)C1CC1. The summed E-state index contributed by atoms with van der Waals surface area (Å²) in [6, 6.07) is 2.28. The molecule has 1 atom stereocenters. The van der Waals surface area contributed by atoms with Gasteiger partial charge in [-0.3, -0.25) is 14.5 Å². The van der Waals surface area contributed by atoms with Crippen LogP contribution in [-0.4, -0.2) is 47.9 Å². The summed E-state index contributed by atoms with van der Waals surface area (Å²) in [5.74, 6) is -0.0409. The van der Waals surface area contributed by atoms with E-state index in [0.29, 0.717) is 6.54 Å². The molecule has 0 aromatic heterocycles. The number of carbonyl (C=O) groups is 2. The first-order valence-electron chi connectivity index (χ1n) is 7.54. The molecule has 6 heteroatoms. The van der Waals surface area contributed by atoms with Gasteiger partial charge in [0.25, 0.3) is 0 Å². The van der Waals surface area contributed by atoms with Gasteiger partial charge in [0.1, 0.15) is 5.54 Å². The van der Waals surface area contributed by atoms with E-state index in [1.165, 1.54) is 0 Å². The molecule has 1 rings (SSSR count). The standard InChI is InChI=1S/C15H26N4O2/c1-5-19(8-13(20)17-11(2)3)9-14(21)18-15(4,10-16)12-6-7-12/h11-12H,5-9H2,1-4H3,(H,17,20)(H,18,21)/t15-/m0/s1. The largest absolute Gasteiger partial charge is 0.353 e. The van der Waals surface area contributed by atoms with Crippen molar-refractivity contribution >= 4 is 11.8 Å². The molecule has 0 aromatic carbocycles. The lowest BCUT2D eigenvalue weighted by atomic mass is 9.98. The molecule has 0 saturated heterocycles. The van der Waals surface area contributed by atoms with Gasteiger partial charge in [0.15, 0.2) is 0 Å². The lowest BCUT2D eigenvalue weighted by Gasteiger charge is -2.26. The Balaban J connectivity index is 2.47. The van der Waals surface area contributed by atoms with E-state index >= 15 is 0 Å². The maximum Gasteiger partial charge on any atom is 0.235 e. The molecule has 1 fully saturated rings. The summed E-state index contributed by atoms with van der Waals surface area (Å²) in [6.45, 7) is 8.39. The molecule has 0 spiro atoms. The van der Waals surface area contributed by atoms with Gasteiger partial charge in [-0.15, -0.1) is 0 Å². The second kappa shape index (κ2) is 7.41. The van der Waals surface area contributed by atoms with Crippen molar-refractivity contribution in [1.29, 1.82) is 5.26 Å². The number of nitrogens with zero attached hydrogens (tertiary/aromatic N) is 2. The average Bonchev–Trinajstić information content (AvgIpc) is 3.21. The Kier molecular flexibility index (Phi) is 6.16. The fraction of sp³-hybridized carbons (Fsp3) is 0.800. The van der Waals surface area contributed by atoms with Crippen LogP contribution in [0.15, 0.2) is 0 Å². The molecule has 0 aromatic rings. The van der Waals surface area contributed by atoms with Gasteiger partial charge in [0, 0.05) is 6.04 Å². The van der Waals surface area contributed by atoms with Gasteiger partial charge in [-0.25, -0.2) is 0 Å². The molecule has 0 unspecified atom stereocenters. The minimum Gasteiger partial charge on any atom is -0.353 e. The first kappa shape index (κ1) is 17.4. The number of hydrogen-bond donors (Lipinski definition) is 2. The zero-order valence-corrected chi connectivity index (χ0v) is 13.4. The van der Waals surface area contributed by atoms with Gasteiger partial charge in [0.05, 0.1) is 19.2 Å². The van der Waals surface area contributed by atoms with Crippen LogP contribution in [0, 0.1) is 17.2 Å². The van der Waals surface area contributed by atoms with Crippen LogP contribution in [0.25, 0.3) is 0 Å². The summed E-state index contributed by atoms with van der Waals surface area (Å²) in [5.41, 5.74) is -0.781. The molecular weight excluding hydrogens is 268 g/mol. The second-order valence-electron chi connectivity index (χ2n) is 6.16. The van der Waals surface area contributed by atoms with Gasteiger partial charge in [-0.05, 0) is 46.1 Å². The van der Waals surface area contributed by atoms with E-state index in [4.69, 9.17) is 0 Å². The Labute approximate surface area is 126 Å². The van der Waals surface area contributed by atoms with Crippen LogP contribution in [0.2, 0.25) is 0 Å². The predicted octanol–water partition coefficient (Wildman–Crippen LogP) is 0.641. The minimum atomic E-state index is -0.781. The maximum atomic E-state index is 12.1. The lowest BCUT2D eigenvalue weighted by Crippen LogP contribution is -2.51. The Morgan fingerprint density at radius 3 is 2.33 bits per heavy atom. The number of rotatable bonds is 8. The maximum absolute atomic E-state index is 12.1. The third kappa shape index (κ3) is 5.72. The summed E-state index contributed by atoms with van der Waals surface area (Å²) in [4.78, 5) is 25.6. The Bertz CT molecular complexity index is 426. The van der Waals surface area contributed by atoms with Crippen LogP contribution >= 0.6 is 0 Å². The quantitative estimate of drug-likeness (QED) is 0.688. The van der Waals surface area contributed by atoms with Crippen molar-refractivity contribution in [2.75, 3.05) is 19.6 Å². The third-order valence-electron chi connectivity index (χ3n) is 3.66. The topological polar surface area (TPSA) is 85.2 Å². The molecule has 1 aliphatic carbocycles.